The zero-order valence-corrected chi connectivity index (χ0v) is 17.6. The third kappa shape index (κ3) is 4.37. The molecule has 4 rings (SSSR count). The Balaban J connectivity index is 1.75. The molecule has 3 aromatic carbocycles. The first-order valence-corrected chi connectivity index (χ1v) is 10.2. The van der Waals surface area contributed by atoms with Crippen molar-refractivity contribution in [1.82, 2.24) is 0 Å². The number of nitrogens with zero attached hydrogens (tertiary/aromatic N) is 2. The Morgan fingerprint density at radius 3 is 2.29 bits per heavy atom. The van der Waals surface area contributed by atoms with Gasteiger partial charge in [0, 0.05) is 16.3 Å². The Bertz CT molecular complexity index is 1200. The van der Waals surface area contributed by atoms with Gasteiger partial charge in [0.2, 0.25) is 0 Å². The molecule has 0 radical (unpaired) electrons. The minimum atomic E-state index is -0.136. The smallest absolute Gasteiger partial charge is 0.262 e. The van der Waals surface area contributed by atoms with E-state index in [-0.39, 0.29) is 5.91 Å². The first kappa shape index (κ1) is 20.5. The van der Waals surface area contributed by atoms with Crippen molar-refractivity contribution in [2.75, 3.05) is 11.5 Å². The monoisotopic (exact) mass is 426 g/mol. The van der Waals surface area contributed by atoms with Crippen LogP contribution >= 0.6 is 11.6 Å². The van der Waals surface area contributed by atoms with Crippen molar-refractivity contribution in [3.05, 3.63) is 106 Å². The highest BCUT2D eigenvalue weighted by atomic mass is 35.5. The van der Waals surface area contributed by atoms with E-state index in [4.69, 9.17) is 21.6 Å². The average Bonchev–Trinajstić information content (AvgIpc) is 3.11. The fourth-order valence-electron chi connectivity index (χ4n) is 3.40. The summed E-state index contributed by atoms with van der Waals surface area (Å²) in [4.78, 5) is 15.0. The number of nitriles is 1. The lowest BCUT2D eigenvalue weighted by atomic mass is 10.1. The molecule has 0 spiro atoms. The molecule has 0 fully saturated rings. The number of benzene rings is 3. The standard InChI is InChI=1S/C26H19ClN2O2/c1-2-31-24-13-5-18(6-14-24)15-21-16-25(20-7-9-22(27)10-8-20)29(26(21)30)23-11-3-19(17-28)4-12-23/h3-16H,2H2,1H3/b21-15+. The van der Waals surface area contributed by atoms with Gasteiger partial charge in [-0.05, 0) is 78.7 Å². The zero-order valence-electron chi connectivity index (χ0n) is 16.9. The molecule has 1 aliphatic rings. The maximum absolute atomic E-state index is 13.4. The Labute approximate surface area is 186 Å². The Kier molecular flexibility index (Phi) is 5.88. The number of hydrogen-bond donors (Lipinski definition) is 0. The molecule has 0 aromatic heterocycles. The van der Waals surface area contributed by atoms with Crippen molar-refractivity contribution in [2.45, 2.75) is 6.92 Å². The second-order valence-electron chi connectivity index (χ2n) is 6.94. The van der Waals surface area contributed by atoms with Gasteiger partial charge in [-0.1, -0.05) is 35.9 Å². The lowest BCUT2D eigenvalue weighted by Crippen LogP contribution is -2.24. The van der Waals surface area contributed by atoms with E-state index >= 15 is 0 Å². The summed E-state index contributed by atoms with van der Waals surface area (Å²) in [7, 11) is 0. The summed E-state index contributed by atoms with van der Waals surface area (Å²) < 4.78 is 5.49. The number of hydrogen-bond acceptors (Lipinski definition) is 3. The van der Waals surface area contributed by atoms with Gasteiger partial charge in [0.05, 0.1) is 23.9 Å². The fraction of sp³-hybridized carbons (Fsp3) is 0.0769. The number of ether oxygens (including phenoxy) is 1. The van der Waals surface area contributed by atoms with Crippen LogP contribution in [-0.4, -0.2) is 12.5 Å². The van der Waals surface area contributed by atoms with Gasteiger partial charge in [-0.15, -0.1) is 0 Å². The molecule has 1 heterocycles. The number of carbonyl (C=O) groups is 1. The van der Waals surface area contributed by atoms with E-state index < -0.39 is 0 Å². The maximum Gasteiger partial charge on any atom is 0.262 e. The Hall–Kier alpha value is -3.81. The van der Waals surface area contributed by atoms with Crippen molar-refractivity contribution in [3.8, 4) is 11.8 Å². The van der Waals surface area contributed by atoms with Crippen LogP contribution < -0.4 is 9.64 Å². The van der Waals surface area contributed by atoms with Crippen molar-refractivity contribution < 1.29 is 9.53 Å². The van der Waals surface area contributed by atoms with Crippen LogP contribution in [0.15, 0.2) is 84.4 Å². The van der Waals surface area contributed by atoms with E-state index in [1.165, 1.54) is 0 Å². The lowest BCUT2D eigenvalue weighted by molar-refractivity contribution is -0.113. The SMILES string of the molecule is CCOc1ccc(/C=C2\C=C(c3ccc(Cl)cc3)N(c3ccc(C#N)cc3)C2=O)cc1. The molecule has 3 aromatic rings. The number of carbonyl (C=O) groups excluding carboxylic acids is 1. The van der Waals surface area contributed by atoms with E-state index in [0.717, 1.165) is 22.6 Å². The highest BCUT2D eigenvalue weighted by Crippen LogP contribution is 2.35. The molecular weight excluding hydrogens is 408 g/mol. The van der Waals surface area contributed by atoms with Crippen molar-refractivity contribution in [3.63, 3.8) is 0 Å². The number of halogens is 1. The normalized spacial score (nSPS) is 14.5. The van der Waals surface area contributed by atoms with E-state index in [0.29, 0.717) is 28.5 Å². The van der Waals surface area contributed by atoms with Crippen LogP contribution in [0.5, 0.6) is 5.75 Å². The molecule has 5 heteroatoms. The second-order valence-corrected chi connectivity index (χ2v) is 7.37. The number of amides is 1. The molecule has 0 bridgehead atoms. The summed E-state index contributed by atoms with van der Waals surface area (Å²) >= 11 is 6.05. The van der Waals surface area contributed by atoms with Gasteiger partial charge in [0.25, 0.3) is 5.91 Å². The molecule has 31 heavy (non-hydrogen) atoms. The summed E-state index contributed by atoms with van der Waals surface area (Å²) in [5.74, 6) is 0.655. The summed E-state index contributed by atoms with van der Waals surface area (Å²) in [6.07, 6.45) is 3.73. The van der Waals surface area contributed by atoms with Crippen molar-refractivity contribution in [1.29, 1.82) is 5.26 Å². The van der Waals surface area contributed by atoms with Crippen LogP contribution in [0, 0.1) is 11.3 Å². The Morgan fingerprint density at radius 2 is 1.68 bits per heavy atom. The van der Waals surface area contributed by atoms with Crippen LogP contribution in [-0.2, 0) is 4.79 Å². The summed E-state index contributed by atoms with van der Waals surface area (Å²) in [6, 6.07) is 24.1. The molecule has 1 aliphatic heterocycles. The first-order chi connectivity index (χ1) is 15.1. The summed E-state index contributed by atoms with van der Waals surface area (Å²) in [5, 5.41) is 9.72. The largest absolute Gasteiger partial charge is 0.494 e. The molecule has 1 amide bonds. The molecule has 4 nitrogen and oxygen atoms in total. The third-order valence-electron chi connectivity index (χ3n) is 4.89. The van der Waals surface area contributed by atoms with E-state index in [1.54, 1.807) is 41.3 Å². The highest BCUT2D eigenvalue weighted by molar-refractivity contribution is 6.30. The molecule has 0 saturated carbocycles. The van der Waals surface area contributed by atoms with Gasteiger partial charge < -0.3 is 4.74 Å². The predicted molar refractivity (Wildman–Crippen MR) is 124 cm³/mol. The topological polar surface area (TPSA) is 53.3 Å². The van der Waals surface area contributed by atoms with E-state index in [9.17, 15) is 4.79 Å². The predicted octanol–water partition coefficient (Wildman–Crippen LogP) is 6.08. The van der Waals surface area contributed by atoms with Gasteiger partial charge >= 0.3 is 0 Å². The highest BCUT2D eigenvalue weighted by Gasteiger charge is 2.30. The van der Waals surface area contributed by atoms with Crippen molar-refractivity contribution >= 4 is 35.0 Å². The van der Waals surface area contributed by atoms with Crippen LogP contribution in [0.4, 0.5) is 5.69 Å². The van der Waals surface area contributed by atoms with Crippen LogP contribution in [0.3, 0.4) is 0 Å². The molecule has 0 N–H and O–H groups in total. The zero-order chi connectivity index (χ0) is 21.8. The van der Waals surface area contributed by atoms with Gasteiger partial charge in [0.15, 0.2) is 0 Å². The molecule has 0 unspecified atom stereocenters. The van der Waals surface area contributed by atoms with E-state index in [2.05, 4.69) is 6.07 Å². The molecule has 152 valence electrons. The quantitative estimate of drug-likeness (QED) is 0.464. The summed E-state index contributed by atoms with van der Waals surface area (Å²) in [6.45, 7) is 2.54. The lowest BCUT2D eigenvalue weighted by Gasteiger charge is -2.21. The minimum absolute atomic E-state index is 0.136. The van der Waals surface area contributed by atoms with Crippen LogP contribution in [0.2, 0.25) is 5.02 Å². The molecular formula is C26H19ClN2O2. The van der Waals surface area contributed by atoms with Gasteiger partial charge in [-0.3, -0.25) is 9.69 Å². The Morgan fingerprint density at radius 1 is 1.00 bits per heavy atom. The fourth-order valence-corrected chi connectivity index (χ4v) is 3.52. The number of rotatable bonds is 5. The molecule has 0 saturated heterocycles. The minimum Gasteiger partial charge on any atom is -0.494 e. The first-order valence-electron chi connectivity index (χ1n) is 9.86. The third-order valence-corrected chi connectivity index (χ3v) is 5.14. The van der Waals surface area contributed by atoms with Crippen LogP contribution in [0.25, 0.3) is 11.8 Å². The summed E-state index contributed by atoms with van der Waals surface area (Å²) in [5.41, 5.74) is 4.33. The maximum atomic E-state index is 13.4. The number of anilines is 1. The van der Waals surface area contributed by atoms with E-state index in [1.807, 2.05) is 55.5 Å². The van der Waals surface area contributed by atoms with Gasteiger partial charge in [-0.25, -0.2) is 0 Å². The second kappa shape index (κ2) is 8.91. The average molecular weight is 427 g/mol. The van der Waals surface area contributed by atoms with Crippen molar-refractivity contribution in [2.24, 2.45) is 0 Å². The van der Waals surface area contributed by atoms with Gasteiger partial charge in [0.1, 0.15) is 5.75 Å². The molecule has 0 atom stereocenters. The molecule has 0 aliphatic carbocycles. The van der Waals surface area contributed by atoms with Gasteiger partial charge in [-0.2, -0.15) is 5.26 Å². The van der Waals surface area contributed by atoms with Crippen LogP contribution in [0.1, 0.15) is 23.6 Å².